The summed E-state index contributed by atoms with van der Waals surface area (Å²) in [5.74, 6) is 0.900. The molecule has 1 aromatic carbocycles. The molecule has 9 heteroatoms. The first-order chi connectivity index (χ1) is 14.4. The number of hydrogen-bond acceptors (Lipinski definition) is 6. The molecule has 2 heterocycles. The summed E-state index contributed by atoms with van der Waals surface area (Å²) in [6.45, 7) is 6.63. The summed E-state index contributed by atoms with van der Waals surface area (Å²) in [7, 11) is 0. The van der Waals surface area contributed by atoms with E-state index in [9.17, 15) is 4.79 Å². The Morgan fingerprint density at radius 1 is 1.20 bits per heavy atom. The van der Waals surface area contributed by atoms with Gasteiger partial charge in [0.1, 0.15) is 0 Å². The first-order valence-electron chi connectivity index (χ1n) is 9.83. The van der Waals surface area contributed by atoms with Crippen LogP contribution in [0.4, 0.5) is 11.6 Å². The average molecular weight is 427 g/mol. The van der Waals surface area contributed by atoms with E-state index in [4.69, 9.17) is 17.0 Å². The summed E-state index contributed by atoms with van der Waals surface area (Å²) in [6, 6.07) is 9.00. The molecule has 1 unspecified atom stereocenters. The Bertz CT molecular complexity index is 919. The minimum Gasteiger partial charge on any atom is -0.376 e. The number of carbonyl (C=O) groups excluding carboxylic acids is 1. The number of nitrogens with one attached hydrogen (secondary N) is 3. The van der Waals surface area contributed by atoms with E-state index >= 15 is 0 Å². The molecule has 0 amide bonds. The van der Waals surface area contributed by atoms with Gasteiger partial charge in [-0.25, -0.2) is 15.0 Å². The van der Waals surface area contributed by atoms with E-state index in [2.05, 4.69) is 30.9 Å². The van der Waals surface area contributed by atoms with Gasteiger partial charge in [0.05, 0.1) is 12.6 Å². The molecular formula is C21H26N6O2S. The summed E-state index contributed by atoms with van der Waals surface area (Å²) in [5.41, 5.74) is 3.12. The van der Waals surface area contributed by atoms with Gasteiger partial charge in [0.2, 0.25) is 11.9 Å². The molecule has 0 saturated carbocycles. The summed E-state index contributed by atoms with van der Waals surface area (Å²) >= 11 is 5.43. The number of guanidine groups is 1. The van der Waals surface area contributed by atoms with E-state index in [0.717, 1.165) is 36.5 Å². The largest absolute Gasteiger partial charge is 0.376 e. The predicted octanol–water partition coefficient (Wildman–Crippen LogP) is 3.23. The van der Waals surface area contributed by atoms with Crippen LogP contribution in [0.5, 0.6) is 0 Å². The van der Waals surface area contributed by atoms with Crippen molar-refractivity contribution in [1.29, 1.82) is 0 Å². The zero-order valence-corrected chi connectivity index (χ0v) is 18.2. The molecule has 1 aliphatic heterocycles. The molecule has 3 N–H and O–H groups in total. The molecule has 158 valence electrons. The maximum Gasteiger partial charge on any atom is 0.229 e. The molecule has 0 spiro atoms. The highest BCUT2D eigenvalue weighted by Gasteiger charge is 2.16. The van der Waals surface area contributed by atoms with Crippen LogP contribution in [-0.4, -0.2) is 46.1 Å². The lowest BCUT2D eigenvalue weighted by molar-refractivity contribution is 0.101. The van der Waals surface area contributed by atoms with E-state index in [-0.39, 0.29) is 11.9 Å². The molecule has 0 aliphatic carbocycles. The normalized spacial score (nSPS) is 16.2. The molecule has 0 bridgehead atoms. The van der Waals surface area contributed by atoms with Gasteiger partial charge in [-0.05, 0) is 76.2 Å². The number of ketones is 1. The number of aromatic nitrogens is 2. The van der Waals surface area contributed by atoms with E-state index < -0.39 is 0 Å². The van der Waals surface area contributed by atoms with E-state index in [0.29, 0.717) is 29.1 Å². The van der Waals surface area contributed by atoms with Crippen molar-refractivity contribution in [2.45, 2.75) is 39.7 Å². The summed E-state index contributed by atoms with van der Waals surface area (Å²) in [5, 5.41) is 9.63. The van der Waals surface area contributed by atoms with E-state index in [1.165, 1.54) is 6.92 Å². The number of aryl methyl sites for hydroxylation is 2. The van der Waals surface area contributed by atoms with Gasteiger partial charge >= 0.3 is 0 Å². The highest BCUT2D eigenvalue weighted by atomic mass is 32.1. The zero-order chi connectivity index (χ0) is 21.5. The highest BCUT2D eigenvalue weighted by Crippen LogP contribution is 2.13. The summed E-state index contributed by atoms with van der Waals surface area (Å²) < 4.78 is 5.65. The Morgan fingerprint density at radius 3 is 2.50 bits per heavy atom. The average Bonchev–Trinajstić information content (AvgIpc) is 3.19. The van der Waals surface area contributed by atoms with Crippen LogP contribution in [0.1, 0.15) is 41.5 Å². The van der Waals surface area contributed by atoms with Crippen LogP contribution in [0.2, 0.25) is 0 Å². The predicted molar refractivity (Wildman–Crippen MR) is 122 cm³/mol. The molecule has 1 aromatic heterocycles. The van der Waals surface area contributed by atoms with Gasteiger partial charge in [0.15, 0.2) is 10.9 Å². The number of anilines is 2. The highest BCUT2D eigenvalue weighted by molar-refractivity contribution is 7.80. The van der Waals surface area contributed by atoms with Gasteiger partial charge in [-0.1, -0.05) is 0 Å². The molecule has 1 aliphatic rings. The van der Waals surface area contributed by atoms with Crippen molar-refractivity contribution in [2.24, 2.45) is 4.99 Å². The number of aliphatic imine (C=N–C) groups is 1. The number of ether oxygens (including phenoxy) is 1. The van der Waals surface area contributed by atoms with E-state index in [1.54, 1.807) is 24.3 Å². The molecule has 30 heavy (non-hydrogen) atoms. The Balaban J connectivity index is 1.69. The number of nitrogens with zero attached hydrogens (tertiary/aromatic N) is 3. The summed E-state index contributed by atoms with van der Waals surface area (Å²) in [4.78, 5) is 24.8. The Kier molecular flexibility index (Phi) is 7.42. The maximum absolute atomic E-state index is 11.4. The molecule has 8 nitrogen and oxygen atoms in total. The van der Waals surface area contributed by atoms with Crippen molar-refractivity contribution in [3.8, 4) is 0 Å². The zero-order valence-electron chi connectivity index (χ0n) is 17.4. The third-order valence-electron chi connectivity index (χ3n) is 4.47. The van der Waals surface area contributed by atoms with Crippen molar-refractivity contribution in [3.05, 3.63) is 47.3 Å². The van der Waals surface area contributed by atoms with Crippen molar-refractivity contribution in [2.75, 3.05) is 23.8 Å². The first kappa shape index (κ1) is 21.8. The molecule has 3 rings (SSSR count). The smallest absolute Gasteiger partial charge is 0.229 e. The van der Waals surface area contributed by atoms with Crippen molar-refractivity contribution >= 4 is 40.7 Å². The number of rotatable bonds is 5. The van der Waals surface area contributed by atoms with Crippen molar-refractivity contribution < 1.29 is 9.53 Å². The van der Waals surface area contributed by atoms with Gasteiger partial charge in [-0.2, -0.15) is 0 Å². The second-order valence-corrected chi connectivity index (χ2v) is 7.54. The van der Waals surface area contributed by atoms with Crippen LogP contribution < -0.4 is 16.0 Å². The SMILES string of the molecule is CC(=O)c1ccc(NC(=S)NC(=NCC2CCCO2)Nc2nc(C)cc(C)n2)cc1. The Morgan fingerprint density at radius 2 is 1.90 bits per heavy atom. The third-order valence-corrected chi connectivity index (χ3v) is 4.67. The number of carbonyl (C=O) groups is 1. The van der Waals surface area contributed by atoms with Crippen molar-refractivity contribution in [3.63, 3.8) is 0 Å². The number of thiocarbonyl (C=S) groups is 1. The molecule has 2 aromatic rings. The van der Waals surface area contributed by atoms with Gasteiger partial charge in [0, 0.05) is 29.2 Å². The van der Waals surface area contributed by atoms with Crippen molar-refractivity contribution in [1.82, 2.24) is 15.3 Å². The molecule has 1 saturated heterocycles. The number of hydrogen-bond donors (Lipinski definition) is 3. The fourth-order valence-electron chi connectivity index (χ4n) is 3.04. The molecular weight excluding hydrogens is 400 g/mol. The quantitative estimate of drug-likeness (QED) is 0.290. The standard InChI is InChI=1S/C21H26N6O2S/c1-13-11-14(2)24-20(23-13)26-19(22-12-18-5-4-10-29-18)27-21(30)25-17-8-6-16(7-9-17)15(3)28/h6-9,11,18H,4-5,10,12H2,1-3H3,(H3,22,23,24,25,26,27,30). The van der Waals surface area contributed by atoms with Crippen LogP contribution in [-0.2, 0) is 4.74 Å². The van der Waals surface area contributed by atoms with Crippen LogP contribution in [0.3, 0.4) is 0 Å². The lowest BCUT2D eigenvalue weighted by Crippen LogP contribution is -2.39. The Labute approximate surface area is 181 Å². The minimum atomic E-state index is 0.0171. The first-order valence-corrected chi connectivity index (χ1v) is 10.2. The lowest BCUT2D eigenvalue weighted by Gasteiger charge is -2.15. The van der Waals surface area contributed by atoms with Crippen LogP contribution in [0, 0.1) is 13.8 Å². The van der Waals surface area contributed by atoms with E-state index in [1.807, 2.05) is 19.9 Å². The second kappa shape index (κ2) is 10.2. The molecule has 1 atom stereocenters. The van der Waals surface area contributed by atoms with Gasteiger partial charge < -0.3 is 15.4 Å². The molecule has 0 radical (unpaired) electrons. The Hall–Kier alpha value is -2.91. The van der Waals surface area contributed by atoms with Crippen LogP contribution >= 0.6 is 12.2 Å². The molecule has 1 fully saturated rings. The van der Waals surface area contributed by atoms with Gasteiger partial charge in [0.25, 0.3) is 0 Å². The number of benzene rings is 1. The lowest BCUT2D eigenvalue weighted by atomic mass is 10.1. The van der Waals surface area contributed by atoms with Crippen LogP contribution in [0.25, 0.3) is 0 Å². The summed E-state index contributed by atoms with van der Waals surface area (Å²) in [6.07, 6.45) is 2.14. The van der Waals surface area contributed by atoms with Gasteiger partial charge in [-0.15, -0.1) is 0 Å². The fraction of sp³-hybridized carbons (Fsp3) is 0.381. The topological polar surface area (TPSA) is 101 Å². The fourth-order valence-corrected chi connectivity index (χ4v) is 3.25. The second-order valence-electron chi connectivity index (χ2n) is 7.14. The van der Waals surface area contributed by atoms with Gasteiger partial charge in [-0.3, -0.25) is 10.1 Å². The minimum absolute atomic E-state index is 0.0171. The monoisotopic (exact) mass is 426 g/mol. The third kappa shape index (κ3) is 6.57. The van der Waals surface area contributed by atoms with Crippen LogP contribution in [0.15, 0.2) is 35.3 Å². The number of Topliss-reactive ketones (excluding diaryl/α,β-unsaturated/α-hetero) is 1. The maximum atomic E-state index is 11.4.